The van der Waals surface area contributed by atoms with E-state index in [1.807, 2.05) is 47.7 Å². The first-order valence-corrected chi connectivity index (χ1v) is 20.0. The highest BCUT2D eigenvalue weighted by molar-refractivity contribution is 7.26. The van der Waals surface area contributed by atoms with Crippen molar-refractivity contribution in [3.05, 3.63) is 188 Å². The lowest BCUT2D eigenvalue weighted by Gasteiger charge is -2.21. The van der Waals surface area contributed by atoms with Crippen LogP contribution < -0.4 is 0 Å². The van der Waals surface area contributed by atoms with E-state index < -0.39 is 0 Å². The van der Waals surface area contributed by atoms with E-state index in [2.05, 4.69) is 156 Å². The lowest BCUT2D eigenvalue weighted by Crippen LogP contribution is -2.02. The largest absolute Gasteiger partial charge is 0.452 e. The number of thiophene rings is 1. The lowest BCUT2D eigenvalue weighted by molar-refractivity contribution is 0.667. The van der Waals surface area contributed by atoms with Crippen LogP contribution in [0.2, 0.25) is 0 Å². The van der Waals surface area contributed by atoms with Gasteiger partial charge in [0.15, 0.2) is 11.4 Å². The molecule has 4 heterocycles. The third-order valence-corrected chi connectivity index (χ3v) is 12.3. The van der Waals surface area contributed by atoms with Crippen molar-refractivity contribution in [2.24, 2.45) is 0 Å². The zero-order valence-corrected chi connectivity index (χ0v) is 31.4. The van der Waals surface area contributed by atoms with E-state index in [1.165, 1.54) is 36.5 Å². The van der Waals surface area contributed by atoms with Crippen molar-refractivity contribution in [3.63, 3.8) is 0 Å². The molecule has 0 atom stereocenters. The predicted octanol–water partition coefficient (Wildman–Crippen LogP) is 14.5. The Balaban J connectivity index is 1.25. The summed E-state index contributed by atoms with van der Waals surface area (Å²) < 4.78 is 11.8. The molecule has 5 heteroatoms. The molecule has 0 aliphatic carbocycles. The summed E-state index contributed by atoms with van der Waals surface area (Å²) in [4.78, 5) is 10.5. The first-order valence-electron chi connectivity index (χ1n) is 19.2. The molecule has 0 bridgehead atoms. The second-order valence-corrected chi connectivity index (χ2v) is 15.6. The van der Waals surface area contributed by atoms with Crippen molar-refractivity contribution < 1.29 is 4.42 Å². The summed E-state index contributed by atoms with van der Waals surface area (Å²) >= 11 is 1.86. The highest BCUT2D eigenvalue weighted by Crippen LogP contribution is 2.48. The number of hydrogen-bond donors (Lipinski definition) is 0. The molecule has 0 saturated heterocycles. The number of fused-ring (bicyclic) bond motifs is 10. The molecule has 0 unspecified atom stereocenters. The second kappa shape index (κ2) is 12.6. The topological polar surface area (TPSA) is 43.9 Å². The second-order valence-electron chi connectivity index (χ2n) is 14.5. The molecule has 0 N–H and O–H groups in total. The van der Waals surface area contributed by atoms with E-state index in [0.29, 0.717) is 11.4 Å². The molecule has 0 amide bonds. The van der Waals surface area contributed by atoms with Crippen LogP contribution in [0.5, 0.6) is 0 Å². The smallest absolute Gasteiger partial charge is 0.180 e. The van der Waals surface area contributed by atoms with Crippen molar-refractivity contribution in [2.75, 3.05) is 0 Å². The maximum absolute atomic E-state index is 6.68. The average molecular weight is 746 g/mol. The molecule has 0 saturated carbocycles. The van der Waals surface area contributed by atoms with Crippen LogP contribution in [0, 0.1) is 0 Å². The van der Waals surface area contributed by atoms with Crippen LogP contribution in [-0.4, -0.2) is 14.5 Å². The molecule has 8 aromatic carbocycles. The van der Waals surface area contributed by atoms with E-state index >= 15 is 0 Å². The molecule has 0 fully saturated rings. The number of benzene rings is 8. The third kappa shape index (κ3) is 4.93. The van der Waals surface area contributed by atoms with Gasteiger partial charge < -0.3 is 8.98 Å². The Bertz CT molecular complexity index is 3450. The summed E-state index contributed by atoms with van der Waals surface area (Å²) in [6, 6.07) is 66.7. The fraction of sp³-hybridized carbons (Fsp3) is 0. The minimum Gasteiger partial charge on any atom is -0.452 e. The van der Waals surface area contributed by atoms with Crippen molar-refractivity contribution >= 4 is 75.4 Å². The van der Waals surface area contributed by atoms with Crippen LogP contribution >= 0.6 is 11.3 Å². The van der Waals surface area contributed by atoms with Crippen LogP contribution in [0.15, 0.2) is 192 Å². The van der Waals surface area contributed by atoms with Gasteiger partial charge in [-0.3, -0.25) is 0 Å². The van der Waals surface area contributed by atoms with Crippen molar-refractivity contribution in [1.82, 2.24) is 14.5 Å². The number of furan rings is 1. The summed E-state index contributed by atoms with van der Waals surface area (Å²) in [7, 11) is 0. The monoisotopic (exact) mass is 745 g/mol. The molecule has 0 aliphatic heterocycles. The van der Waals surface area contributed by atoms with E-state index in [9.17, 15) is 0 Å². The zero-order chi connectivity index (χ0) is 37.5. The highest BCUT2D eigenvalue weighted by atomic mass is 32.1. The Morgan fingerprint density at radius 1 is 0.439 bits per heavy atom. The Morgan fingerprint density at radius 3 is 1.75 bits per heavy atom. The van der Waals surface area contributed by atoms with Gasteiger partial charge in [0.25, 0.3) is 0 Å². The van der Waals surface area contributed by atoms with Gasteiger partial charge in [-0.15, -0.1) is 11.3 Å². The molecule has 0 radical (unpaired) electrons. The van der Waals surface area contributed by atoms with E-state index in [1.54, 1.807) is 0 Å². The Kier molecular flexibility index (Phi) is 7.06. The Morgan fingerprint density at radius 2 is 1.04 bits per heavy atom. The number of para-hydroxylation sites is 2. The van der Waals surface area contributed by atoms with E-state index in [0.717, 1.165) is 66.8 Å². The van der Waals surface area contributed by atoms with Gasteiger partial charge in [0.2, 0.25) is 0 Å². The summed E-state index contributed by atoms with van der Waals surface area (Å²) in [5.74, 6) is 0.658. The minimum absolute atomic E-state index is 0.658. The number of rotatable bonds is 5. The van der Waals surface area contributed by atoms with Gasteiger partial charge in [-0.2, -0.15) is 0 Å². The van der Waals surface area contributed by atoms with Crippen LogP contribution in [0.3, 0.4) is 0 Å². The van der Waals surface area contributed by atoms with E-state index in [-0.39, 0.29) is 0 Å². The summed E-state index contributed by atoms with van der Waals surface area (Å²) in [5.41, 5.74) is 12.8. The molecule has 0 aliphatic rings. The number of nitrogens with zero attached hydrogens (tertiary/aromatic N) is 3. The van der Waals surface area contributed by atoms with Gasteiger partial charge in [0.1, 0.15) is 16.8 Å². The Labute approximate surface area is 331 Å². The molecule has 266 valence electrons. The minimum atomic E-state index is 0.658. The number of aromatic nitrogens is 3. The maximum Gasteiger partial charge on any atom is 0.180 e. The van der Waals surface area contributed by atoms with E-state index in [4.69, 9.17) is 14.4 Å². The molecule has 4 aromatic heterocycles. The first-order chi connectivity index (χ1) is 28.3. The van der Waals surface area contributed by atoms with Gasteiger partial charge in [-0.25, -0.2) is 9.97 Å². The zero-order valence-electron chi connectivity index (χ0n) is 30.6. The van der Waals surface area contributed by atoms with Crippen LogP contribution in [0.25, 0.3) is 115 Å². The molecule has 57 heavy (non-hydrogen) atoms. The van der Waals surface area contributed by atoms with Crippen LogP contribution in [0.4, 0.5) is 0 Å². The third-order valence-electron chi connectivity index (χ3n) is 11.2. The lowest BCUT2D eigenvalue weighted by atomic mass is 9.91. The molecular formula is C52H31N3OS. The van der Waals surface area contributed by atoms with Crippen molar-refractivity contribution in [1.29, 1.82) is 0 Å². The fourth-order valence-electron chi connectivity index (χ4n) is 8.71. The average Bonchev–Trinajstić information content (AvgIpc) is 3.96. The predicted molar refractivity (Wildman–Crippen MR) is 238 cm³/mol. The van der Waals surface area contributed by atoms with Crippen molar-refractivity contribution in [3.8, 4) is 50.6 Å². The summed E-state index contributed by atoms with van der Waals surface area (Å²) in [6.45, 7) is 0. The normalized spacial score (nSPS) is 11.9. The maximum atomic E-state index is 6.68. The fourth-order valence-corrected chi connectivity index (χ4v) is 9.82. The Hall–Kier alpha value is -7.34. The highest BCUT2D eigenvalue weighted by Gasteiger charge is 2.25. The van der Waals surface area contributed by atoms with Crippen molar-refractivity contribution in [2.45, 2.75) is 0 Å². The number of hydrogen-bond acceptors (Lipinski definition) is 4. The summed E-state index contributed by atoms with van der Waals surface area (Å²) in [5, 5.41) is 6.07. The van der Waals surface area contributed by atoms with Gasteiger partial charge in [0.05, 0.1) is 16.7 Å². The molecule has 4 nitrogen and oxygen atoms in total. The van der Waals surface area contributed by atoms with Crippen LogP contribution in [-0.2, 0) is 0 Å². The van der Waals surface area contributed by atoms with Gasteiger partial charge in [-0.1, -0.05) is 140 Å². The van der Waals surface area contributed by atoms with Gasteiger partial charge in [0, 0.05) is 58.6 Å². The first kappa shape index (κ1) is 32.0. The summed E-state index contributed by atoms with van der Waals surface area (Å²) in [6.07, 6.45) is 0. The molecular weight excluding hydrogens is 715 g/mol. The quantitative estimate of drug-likeness (QED) is 0.176. The van der Waals surface area contributed by atoms with Crippen LogP contribution in [0.1, 0.15) is 0 Å². The standard InChI is InChI=1S/C52H31N3OS/c1-4-16-32(17-5-1)39-30-35(48-51-49(37-23-11-14-26-43(37)56-51)54-52(53-48)34-20-8-3-9-21-34)31-40(33-18-6-2-7-19-33)50(39)55-41-25-13-10-22-36(41)46-42(55)28-29-45-47(46)38-24-12-15-27-44(38)57-45/h1-31H. The molecule has 12 rings (SSSR count). The van der Waals surface area contributed by atoms with Gasteiger partial charge >= 0.3 is 0 Å². The van der Waals surface area contributed by atoms with Gasteiger partial charge in [-0.05, 0) is 59.7 Å². The molecule has 0 spiro atoms. The SMILES string of the molecule is c1ccc(-c2nc(-c3cc(-c4ccccc4)c(-n4c5ccccc5c5c6c(ccc54)sc4ccccc46)c(-c4ccccc4)c3)c3oc4ccccc4c3n2)cc1. The molecule has 12 aromatic rings.